The Morgan fingerprint density at radius 3 is 2.51 bits per heavy atom. The zero-order valence-electron chi connectivity index (χ0n) is 23.2. The van der Waals surface area contributed by atoms with Crippen LogP contribution in [0.4, 0.5) is 10.2 Å². The number of anilines is 1. The van der Waals surface area contributed by atoms with Gasteiger partial charge in [-0.2, -0.15) is 9.97 Å². The first-order chi connectivity index (χ1) is 20.1. The first-order valence-electron chi connectivity index (χ1n) is 15.1. The van der Waals surface area contributed by atoms with Gasteiger partial charge in [0.25, 0.3) is 0 Å². The number of nitrogens with one attached hydrogen (secondary N) is 1. The van der Waals surface area contributed by atoms with Gasteiger partial charge in [0.2, 0.25) is 0 Å². The van der Waals surface area contributed by atoms with Crippen LogP contribution in [-0.2, 0) is 0 Å². The second-order valence-electron chi connectivity index (χ2n) is 12.4. The van der Waals surface area contributed by atoms with E-state index in [2.05, 4.69) is 15.1 Å². The van der Waals surface area contributed by atoms with Crippen LogP contribution in [0.1, 0.15) is 44.9 Å². The van der Waals surface area contributed by atoms with E-state index in [0.717, 1.165) is 48.7 Å². The maximum atomic E-state index is 16.7. The van der Waals surface area contributed by atoms with E-state index in [9.17, 15) is 0 Å². The highest BCUT2D eigenvalue weighted by Gasteiger charge is 2.48. The Balaban J connectivity index is 1.20. The van der Waals surface area contributed by atoms with Gasteiger partial charge in [0.1, 0.15) is 11.3 Å². The quantitative estimate of drug-likeness (QED) is 0.270. The summed E-state index contributed by atoms with van der Waals surface area (Å²) in [6.07, 6.45) is 8.27. The third kappa shape index (κ3) is 4.53. The maximum Gasteiger partial charge on any atom is 0.319 e. The zero-order valence-corrected chi connectivity index (χ0v) is 24.0. The van der Waals surface area contributed by atoms with Gasteiger partial charge in [-0.1, -0.05) is 54.1 Å². The molecule has 1 aromatic heterocycles. The van der Waals surface area contributed by atoms with Crippen molar-refractivity contribution in [3.05, 3.63) is 59.4 Å². The second kappa shape index (κ2) is 10.1. The first kappa shape index (κ1) is 25.7. The molecule has 1 aliphatic carbocycles. The number of halogens is 2. The Kier molecular flexibility index (Phi) is 6.31. The van der Waals surface area contributed by atoms with Crippen molar-refractivity contribution in [1.29, 1.82) is 0 Å². The molecule has 3 aliphatic heterocycles. The molecule has 8 heteroatoms. The summed E-state index contributed by atoms with van der Waals surface area (Å²) in [5, 5.41) is 6.68. The van der Waals surface area contributed by atoms with Crippen molar-refractivity contribution in [1.82, 2.24) is 20.2 Å². The molecule has 4 aliphatic rings. The predicted octanol–water partition coefficient (Wildman–Crippen LogP) is 6.58. The zero-order chi connectivity index (χ0) is 27.6. The second-order valence-corrected chi connectivity index (χ2v) is 12.8. The molecule has 4 aromatic rings. The van der Waals surface area contributed by atoms with E-state index in [-0.39, 0.29) is 17.1 Å². The van der Waals surface area contributed by atoms with Crippen LogP contribution in [-0.4, -0.2) is 65.3 Å². The molecule has 8 rings (SSSR count). The highest BCUT2D eigenvalue weighted by molar-refractivity contribution is 6.35. The largest absolute Gasteiger partial charge is 0.463 e. The Labute approximate surface area is 244 Å². The van der Waals surface area contributed by atoms with Crippen molar-refractivity contribution in [3.63, 3.8) is 0 Å². The molecular formula is C33H35ClFN5O. The molecule has 1 saturated carbocycles. The number of benzene rings is 3. The standard InChI is InChI=1S/C33H35ClFN5O/c34-27-18-26-30(29(35)28(27)25-9-5-7-21-6-1-2-8-24(21)25)37-32(38-31(26)39-19-22-10-11-23(20-39)36-22)41-17-14-33(12-13-33)40-15-3-4-16-40/h1-2,5-9,18,22-23,36H,3-4,10-17,19-20H2/t22-,23+. The molecule has 4 heterocycles. The molecule has 41 heavy (non-hydrogen) atoms. The minimum Gasteiger partial charge on any atom is -0.463 e. The highest BCUT2D eigenvalue weighted by atomic mass is 35.5. The van der Waals surface area contributed by atoms with E-state index in [1.54, 1.807) is 0 Å². The van der Waals surface area contributed by atoms with Crippen molar-refractivity contribution >= 4 is 39.1 Å². The van der Waals surface area contributed by atoms with Crippen LogP contribution in [0.3, 0.4) is 0 Å². The SMILES string of the molecule is Fc1c(-c2cccc3ccccc23)c(Cl)cc2c(N3C[C@H]4CC[C@@H](C3)N4)nc(OCCC3(N4CCCC4)CC3)nc12. The van der Waals surface area contributed by atoms with Crippen LogP contribution < -0.4 is 15.0 Å². The molecular weight excluding hydrogens is 537 g/mol. The van der Waals surface area contributed by atoms with Crippen LogP contribution in [0.2, 0.25) is 5.02 Å². The van der Waals surface area contributed by atoms with Crippen LogP contribution >= 0.6 is 11.6 Å². The number of aromatic nitrogens is 2. The van der Waals surface area contributed by atoms with Gasteiger partial charge in [-0.05, 0) is 80.4 Å². The fraction of sp³-hybridized carbons (Fsp3) is 0.455. The molecule has 2 atom stereocenters. The summed E-state index contributed by atoms with van der Waals surface area (Å²) in [7, 11) is 0. The predicted molar refractivity (Wildman–Crippen MR) is 162 cm³/mol. The fourth-order valence-electron chi connectivity index (χ4n) is 7.52. The van der Waals surface area contributed by atoms with E-state index in [1.165, 1.54) is 38.8 Å². The van der Waals surface area contributed by atoms with E-state index in [4.69, 9.17) is 26.3 Å². The summed E-state index contributed by atoms with van der Waals surface area (Å²) in [5.41, 5.74) is 1.67. The molecule has 1 N–H and O–H groups in total. The lowest BCUT2D eigenvalue weighted by Crippen LogP contribution is -2.51. The van der Waals surface area contributed by atoms with Crippen LogP contribution in [0.15, 0.2) is 48.5 Å². The van der Waals surface area contributed by atoms with Gasteiger partial charge >= 0.3 is 6.01 Å². The molecule has 212 valence electrons. The van der Waals surface area contributed by atoms with E-state index in [0.29, 0.717) is 40.5 Å². The number of likely N-dealkylation sites (tertiary alicyclic amines) is 1. The molecule has 0 spiro atoms. The van der Waals surface area contributed by atoms with Crippen molar-refractivity contribution < 1.29 is 9.13 Å². The van der Waals surface area contributed by atoms with E-state index >= 15 is 4.39 Å². The topological polar surface area (TPSA) is 53.5 Å². The number of piperazine rings is 1. The average molecular weight is 572 g/mol. The lowest BCUT2D eigenvalue weighted by molar-refractivity contribution is 0.171. The summed E-state index contributed by atoms with van der Waals surface area (Å²) in [6.45, 7) is 4.55. The van der Waals surface area contributed by atoms with E-state index in [1.807, 2.05) is 48.5 Å². The smallest absolute Gasteiger partial charge is 0.319 e. The monoisotopic (exact) mass is 571 g/mol. The normalized spacial score (nSPS) is 23.5. The molecule has 2 bridgehead atoms. The fourth-order valence-corrected chi connectivity index (χ4v) is 7.81. The Bertz CT molecular complexity index is 1620. The summed E-state index contributed by atoms with van der Waals surface area (Å²) in [4.78, 5) is 14.5. The van der Waals surface area contributed by atoms with Crippen LogP contribution in [0, 0.1) is 5.82 Å². The molecule has 4 fully saturated rings. The molecule has 3 saturated heterocycles. The summed E-state index contributed by atoms with van der Waals surface area (Å²) in [5.74, 6) is 0.292. The lowest BCUT2D eigenvalue weighted by atomic mass is 9.96. The number of hydrogen-bond acceptors (Lipinski definition) is 6. The summed E-state index contributed by atoms with van der Waals surface area (Å²) in [6, 6.07) is 16.8. The van der Waals surface area contributed by atoms with Gasteiger partial charge in [-0.3, -0.25) is 4.90 Å². The first-order valence-corrected chi connectivity index (χ1v) is 15.5. The number of ether oxygens (including phenoxy) is 1. The Morgan fingerprint density at radius 1 is 0.976 bits per heavy atom. The third-order valence-electron chi connectivity index (χ3n) is 9.82. The summed E-state index contributed by atoms with van der Waals surface area (Å²) < 4.78 is 23.0. The van der Waals surface area contributed by atoms with Crippen molar-refractivity contribution in [3.8, 4) is 17.1 Å². The number of nitrogens with zero attached hydrogens (tertiary/aromatic N) is 4. The molecule has 0 radical (unpaired) electrons. The third-order valence-corrected chi connectivity index (χ3v) is 10.1. The minimum absolute atomic E-state index is 0.251. The van der Waals surface area contributed by atoms with Gasteiger partial charge in [0.05, 0.1) is 11.6 Å². The Morgan fingerprint density at radius 2 is 1.73 bits per heavy atom. The van der Waals surface area contributed by atoms with E-state index < -0.39 is 5.82 Å². The molecule has 3 aromatic carbocycles. The van der Waals surface area contributed by atoms with Crippen molar-refractivity contribution in [2.75, 3.05) is 37.7 Å². The van der Waals surface area contributed by atoms with Crippen molar-refractivity contribution in [2.45, 2.75) is 62.6 Å². The lowest BCUT2D eigenvalue weighted by Gasteiger charge is -2.34. The Hall–Kier alpha value is -3.00. The van der Waals surface area contributed by atoms with Gasteiger partial charge in [0, 0.05) is 41.7 Å². The van der Waals surface area contributed by atoms with Gasteiger partial charge in [-0.15, -0.1) is 0 Å². The van der Waals surface area contributed by atoms with Crippen LogP contribution in [0.25, 0.3) is 32.8 Å². The molecule has 0 amide bonds. The van der Waals surface area contributed by atoms with Crippen molar-refractivity contribution in [2.24, 2.45) is 0 Å². The molecule has 6 nitrogen and oxygen atoms in total. The number of fused-ring (bicyclic) bond motifs is 4. The molecule has 0 unspecified atom stereocenters. The maximum absolute atomic E-state index is 16.7. The van der Waals surface area contributed by atoms with Gasteiger partial charge in [0.15, 0.2) is 5.82 Å². The minimum atomic E-state index is -0.425. The number of hydrogen-bond donors (Lipinski definition) is 1. The average Bonchev–Trinajstić information content (AvgIpc) is 3.39. The summed E-state index contributed by atoms with van der Waals surface area (Å²) >= 11 is 6.90. The van der Waals surface area contributed by atoms with Gasteiger partial charge < -0.3 is 15.0 Å². The highest BCUT2D eigenvalue weighted by Crippen LogP contribution is 2.46. The van der Waals surface area contributed by atoms with Gasteiger partial charge in [-0.25, -0.2) is 4.39 Å². The number of rotatable bonds is 7. The van der Waals surface area contributed by atoms with Crippen LogP contribution in [0.5, 0.6) is 6.01 Å².